The molecule has 11 heteroatoms. The predicted molar refractivity (Wildman–Crippen MR) is 134 cm³/mol. The van der Waals surface area contributed by atoms with Gasteiger partial charge in [0, 0.05) is 51.4 Å². The minimum Gasteiger partial charge on any atom is -0.410 e. The topological polar surface area (TPSA) is 143 Å². The number of fused-ring (bicyclic) bond motifs is 1. The van der Waals surface area contributed by atoms with Crippen molar-refractivity contribution in [3.05, 3.63) is 53.5 Å². The van der Waals surface area contributed by atoms with Crippen LogP contribution >= 0.6 is 0 Å². The van der Waals surface area contributed by atoms with Gasteiger partial charge < -0.3 is 25.8 Å². The van der Waals surface area contributed by atoms with Crippen LogP contribution in [0.2, 0.25) is 0 Å². The summed E-state index contributed by atoms with van der Waals surface area (Å²) < 4.78 is 0. The third kappa shape index (κ3) is 6.55. The van der Waals surface area contributed by atoms with E-state index in [4.69, 9.17) is 5.21 Å². The number of carbonyl (C=O) groups excluding carboxylic acids is 2. The lowest BCUT2D eigenvalue weighted by atomic mass is 10.00. The van der Waals surface area contributed by atoms with Gasteiger partial charge in [0.05, 0.1) is 6.10 Å². The number of rotatable bonds is 8. The molecule has 1 atom stereocenters. The van der Waals surface area contributed by atoms with Crippen molar-refractivity contribution in [3.8, 4) is 0 Å². The summed E-state index contributed by atoms with van der Waals surface area (Å²) in [6.45, 7) is 4.83. The van der Waals surface area contributed by atoms with Gasteiger partial charge in [-0.25, -0.2) is 9.97 Å². The number of carbonyl (C=O) groups is 2. The molecule has 3 heterocycles. The maximum Gasteiger partial charge on any atom is 0.271 e. The van der Waals surface area contributed by atoms with Crippen LogP contribution < -0.4 is 10.6 Å². The average molecular weight is 496 g/mol. The van der Waals surface area contributed by atoms with E-state index < -0.39 is 6.10 Å². The molecule has 1 saturated heterocycles. The SMILES string of the molecule is CC(=NO)C(=O)N1CCC(Nc2cc(C(=O)NC[C@H](O)CN3CCc4ccccc4C3)ncn2)CC1. The Bertz CT molecular complexity index is 1100. The molecule has 2 aromatic rings. The Morgan fingerprint density at radius 3 is 2.67 bits per heavy atom. The highest BCUT2D eigenvalue weighted by Gasteiger charge is 2.25. The number of aliphatic hydroxyl groups is 1. The highest BCUT2D eigenvalue weighted by molar-refractivity contribution is 6.37. The first kappa shape index (κ1) is 25.5. The number of nitrogens with zero attached hydrogens (tertiary/aromatic N) is 5. The van der Waals surface area contributed by atoms with E-state index in [9.17, 15) is 14.7 Å². The molecule has 2 aliphatic rings. The summed E-state index contributed by atoms with van der Waals surface area (Å²) in [7, 11) is 0. The number of hydrogen-bond acceptors (Lipinski definition) is 9. The van der Waals surface area contributed by atoms with E-state index >= 15 is 0 Å². The molecule has 0 unspecified atom stereocenters. The maximum atomic E-state index is 12.6. The van der Waals surface area contributed by atoms with Crippen LogP contribution in [0.25, 0.3) is 0 Å². The molecule has 0 spiro atoms. The fourth-order valence-electron chi connectivity index (χ4n) is 4.64. The molecule has 4 N–H and O–H groups in total. The van der Waals surface area contributed by atoms with Crippen molar-refractivity contribution in [1.29, 1.82) is 0 Å². The van der Waals surface area contributed by atoms with Crippen LogP contribution in [-0.4, -0.2) is 92.5 Å². The van der Waals surface area contributed by atoms with E-state index in [2.05, 4.69) is 48.9 Å². The van der Waals surface area contributed by atoms with Crippen LogP contribution in [0.5, 0.6) is 0 Å². The van der Waals surface area contributed by atoms with Gasteiger partial charge in [-0.1, -0.05) is 29.4 Å². The van der Waals surface area contributed by atoms with Crippen molar-refractivity contribution in [2.75, 3.05) is 38.0 Å². The third-order valence-electron chi connectivity index (χ3n) is 6.67. The molecule has 36 heavy (non-hydrogen) atoms. The largest absolute Gasteiger partial charge is 0.410 e. The summed E-state index contributed by atoms with van der Waals surface area (Å²) in [5, 5.41) is 28.3. The van der Waals surface area contributed by atoms with Crippen molar-refractivity contribution in [3.63, 3.8) is 0 Å². The summed E-state index contributed by atoms with van der Waals surface area (Å²) in [6.07, 6.45) is 2.99. The lowest BCUT2D eigenvalue weighted by Crippen LogP contribution is -2.44. The fraction of sp³-hybridized carbons (Fsp3) is 0.480. The summed E-state index contributed by atoms with van der Waals surface area (Å²) in [5.74, 6) is -0.118. The number of likely N-dealkylation sites (tertiary alicyclic amines) is 1. The van der Waals surface area contributed by atoms with Gasteiger partial charge in [0.2, 0.25) is 0 Å². The minimum atomic E-state index is -0.689. The average Bonchev–Trinajstić information content (AvgIpc) is 2.91. The number of oxime groups is 1. The minimum absolute atomic E-state index is 0.0687. The zero-order valence-corrected chi connectivity index (χ0v) is 20.4. The third-order valence-corrected chi connectivity index (χ3v) is 6.67. The van der Waals surface area contributed by atoms with Crippen molar-refractivity contribution in [1.82, 2.24) is 25.1 Å². The van der Waals surface area contributed by atoms with Crippen molar-refractivity contribution in [2.24, 2.45) is 5.16 Å². The van der Waals surface area contributed by atoms with Crippen molar-refractivity contribution in [2.45, 2.75) is 44.9 Å². The Morgan fingerprint density at radius 1 is 1.17 bits per heavy atom. The molecule has 0 aliphatic carbocycles. The number of aliphatic hydroxyl groups excluding tert-OH is 1. The molecule has 0 radical (unpaired) electrons. The van der Waals surface area contributed by atoms with Gasteiger partial charge in [0.15, 0.2) is 0 Å². The molecule has 4 rings (SSSR count). The molecule has 11 nitrogen and oxygen atoms in total. The van der Waals surface area contributed by atoms with Gasteiger partial charge in [0.25, 0.3) is 11.8 Å². The number of anilines is 1. The molecule has 0 saturated carbocycles. The molecular weight excluding hydrogens is 462 g/mol. The maximum absolute atomic E-state index is 12.6. The van der Waals surface area contributed by atoms with Crippen LogP contribution in [0.1, 0.15) is 41.4 Å². The fourth-order valence-corrected chi connectivity index (χ4v) is 4.64. The molecule has 1 fully saturated rings. The van der Waals surface area contributed by atoms with Gasteiger partial charge in [-0.05, 0) is 37.3 Å². The van der Waals surface area contributed by atoms with Gasteiger partial charge in [-0.3, -0.25) is 14.5 Å². The van der Waals surface area contributed by atoms with E-state index in [0.29, 0.717) is 38.3 Å². The molecular formula is C25H33N7O4. The van der Waals surface area contributed by atoms with E-state index in [1.165, 1.54) is 24.4 Å². The normalized spacial score (nSPS) is 17.8. The zero-order chi connectivity index (χ0) is 25.5. The summed E-state index contributed by atoms with van der Waals surface area (Å²) in [6, 6.07) is 10.0. The van der Waals surface area contributed by atoms with E-state index in [1.54, 1.807) is 11.0 Å². The van der Waals surface area contributed by atoms with Gasteiger partial charge >= 0.3 is 0 Å². The summed E-state index contributed by atoms with van der Waals surface area (Å²) in [5.41, 5.74) is 2.93. The number of β-amino-alcohol motifs (C(OH)–C–C–N with tert-alkyl or cyclic N) is 1. The Labute approximate surface area is 210 Å². The Balaban J connectivity index is 1.22. The van der Waals surface area contributed by atoms with Gasteiger partial charge in [-0.15, -0.1) is 0 Å². The van der Waals surface area contributed by atoms with Crippen LogP contribution in [0.3, 0.4) is 0 Å². The second-order valence-electron chi connectivity index (χ2n) is 9.30. The Hall–Kier alpha value is -3.57. The first-order valence-electron chi connectivity index (χ1n) is 12.2. The Morgan fingerprint density at radius 2 is 1.92 bits per heavy atom. The first-order valence-corrected chi connectivity index (χ1v) is 12.2. The monoisotopic (exact) mass is 495 g/mol. The Kier molecular flexibility index (Phi) is 8.44. The predicted octanol–water partition coefficient (Wildman–Crippen LogP) is 0.879. The molecule has 2 aliphatic heterocycles. The standard InChI is InChI=1S/C25H33N7O4/c1-17(30-36)25(35)32-10-7-20(8-11-32)29-23-12-22(27-16-28-23)24(34)26-13-21(33)15-31-9-6-18-4-2-3-5-19(18)14-31/h2-5,12,16,20-21,33,36H,6-11,13-15H2,1H3,(H,26,34)(H,27,28,29)/t21-/m0/s1. The van der Waals surface area contributed by atoms with E-state index in [1.807, 2.05) is 6.07 Å². The molecule has 0 bridgehead atoms. The number of piperidine rings is 1. The second kappa shape index (κ2) is 11.9. The second-order valence-corrected chi connectivity index (χ2v) is 9.30. The smallest absolute Gasteiger partial charge is 0.271 e. The van der Waals surface area contributed by atoms with Crippen molar-refractivity contribution >= 4 is 23.3 Å². The van der Waals surface area contributed by atoms with Gasteiger partial charge in [-0.2, -0.15) is 0 Å². The summed E-state index contributed by atoms with van der Waals surface area (Å²) >= 11 is 0. The summed E-state index contributed by atoms with van der Waals surface area (Å²) in [4.78, 5) is 36.9. The van der Waals surface area contributed by atoms with Crippen LogP contribution in [-0.2, 0) is 17.8 Å². The number of benzene rings is 1. The molecule has 1 aromatic carbocycles. The highest BCUT2D eigenvalue weighted by Crippen LogP contribution is 2.19. The highest BCUT2D eigenvalue weighted by atomic mass is 16.4. The lowest BCUT2D eigenvalue weighted by Gasteiger charge is -2.32. The quantitative estimate of drug-likeness (QED) is 0.240. The van der Waals surface area contributed by atoms with Gasteiger partial charge in [0.1, 0.15) is 23.6 Å². The number of nitrogens with one attached hydrogen (secondary N) is 2. The molecule has 2 amide bonds. The number of hydrogen-bond donors (Lipinski definition) is 4. The van der Waals surface area contributed by atoms with Crippen LogP contribution in [0, 0.1) is 0 Å². The number of aromatic nitrogens is 2. The van der Waals surface area contributed by atoms with E-state index in [0.717, 1.165) is 19.5 Å². The van der Waals surface area contributed by atoms with Crippen LogP contribution in [0.4, 0.5) is 5.82 Å². The van der Waals surface area contributed by atoms with Crippen LogP contribution in [0.15, 0.2) is 41.8 Å². The zero-order valence-electron chi connectivity index (χ0n) is 20.4. The first-order chi connectivity index (χ1) is 17.4. The van der Waals surface area contributed by atoms with Crippen molar-refractivity contribution < 1.29 is 19.9 Å². The molecule has 1 aromatic heterocycles. The van der Waals surface area contributed by atoms with E-state index in [-0.39, 0.29) is 35.8 Å². The lowest BCUT2D eigenvalue weighted by molar-refractivity contribution is -0.125. The number of amides is 2. The molecule has 192 valence electrons.